The van der Waals surface area contributed by atoms with Gasteiger partial charge in [0.2, 0.25) is 5.91 Å². The van der Waals surface area contributed by atoms with E-state index in [0.717, 1.165) is 16.8 Å². The van der Waals surface area contributed by atoms with E-state index in [0.29, 0.717) is 21.9 Å². The van der Waals surface area contributed by atoms with Crippen molar-refractivity contribution >= 4 is 29.3 Å². The van der Waals surface area contributed by atoms with Gasteiger partial charge in [-0.15, -0.1) is 0 Å². The van der Waals surface area contributed by atoms with Gasteiger partial charge >= 0.3 is 5.97 Å². The number of carbonyl (C=O) groups is 2. The lowest BCUT2D eigenvalue weighted by atomic mass is 9.82. The van der Waals surface area contributed by atoms with Crippen LogP contribution in [0.3, 0.4) is 0 Å². The van der Waals surface area contributed by atoms with Crippen LogP contribution in [0.25, 0.3) is 0 Å². The Morgan fingerprint density at radius 3 is 2.55 bits per heavy atom. The number of aryl methyl sites for hydroxylation is 1. The smallest absolute Gasteiger partial charge is 0.337 e. The van der Waals surface area contributed by atoms with Gasteiger partial charge in [0.1, 0.15) is 6.61 Å². The molecule has 0 unspecified atom stereocenters. The summed E-state index contributed by atoms with van der Waals surface area (Å²) >= 11 is 1.23. The zero-order chi connectivity index (χ0) is 23.8. The molecule has 0 bridgehead atoms. The number of dihydropyridines is 1. The van der Waals surface area contributed by atoms with Crippen LogP contribution in [0.5, 0.6) is 0 Å². The van der Waals surface area contributed by atoms with Crippen molar-refractivity contribution in [3.05, 3.63) is 100 Å². The number of thioether (sulfide) groups is 1. The topological polar surface area (TPSA) is 91.2 Å². The van der Waals surface area contributed by atoms with Gasteiger partial charge in [0, 0.05) is 11.4 Å². The minimum Gasteiger partial charge on any atom is -0.458 e. The average Bonchev–Trinajstić information content (AvgIpc) is 2.82. The number of carbonyl (C=O) groups excluding carboxylic acids is 2. The van der Waals surface area contributed by atoms with Crippen molar-refractivity contribution in [3.63, 3.8) is 0 Å². The van der Waals surface area contributed by atoms with Crippen molar-refractivity contribution in [1.82, 2.24) is 5.32 Å². The van der Waals surface area contributed by atoms with Crippen LogP contribution in [0, 0.1) is 18.3 Å². The number of esters is 1. The molecule has 1 atom stereocenters. The van der Waals surface area contributed by atoms with Crippen LogP contribution in [0.15, 0.2) is 89.1 Å². The lowest BCUT2D eigenvalue weighted by Crippen LogP contribution is -2.29. The summed E-state index contributed by atoms with van der Waals surface area (Å²) in [7, 11) is 0. The summed E-state index contributed by atoms with van der Waals surface area (Å²) in [5.41, 5.74) is 3.83. The first kappa shape index (κ1) is 23.9. The predicted octanol–water partition coefficient (Wildman–Crippen LogP) is 4.79. The van der Waals surface area contributed by atoms with E-state index in [1.54, 1.807) is 6.92 Å². The molecule has 2 aromatic rings. The highest BCUT2D eigenvalue weighted by atomic mass is 32.2. The molecule has 1 aliphatic rings. The van der Waals surface area contributed by atoms with Gasteiger partial charge in [-0.3, -0.25) is 4.79 Å². The van der Waals surface area contributed by atoms with Crippen molar-refractivity contribution in [2.75, 3.05) is 17.7 Å². The molecule has 6 nitrogen and oxygen atoms in total. The number of hydrogen-bond donors (Lipinski definition) is 2. The molecule has 2 N–H and O–H groups in total. The van der Waals surface area contributed by atoms with Gasteiger partial charge in [-0.1, -0.05) is 72.9 Å². The summed E-state index contributed by atoms with van der Waals surface area (Å²) in [4.78, 5) is 25.4. The molecule has 1 aliphatic heterocycles. The first-order chi connectivity index (χ1) is 16.0. The Hall–Kier alpha value is -3.76. The van der Waals surface area contributed by atoms with E-state index in [4.69, 9.17) is 4.74 Å². The minimum absolute atomic E-state index is 0.0728. The number of hydrogen-bond acceptors (Lipinski definition) is 6. The molecule has 2 aromatic carbocycles. The van der Waals surface area contributed by atoms with Crippen LogP contribution in [0.1, 0.15) is 24.0 Å². The summed E-state index contributed by atoms with van der Waals surface area (Å²) < 4.78 is 5.30. The van der Waals surface area contributed by atoms with Crippen LogP contribution in [0.2, 0.25) is 0 Å². The number of ether oxygens (including phenoxy) is 1. The maximum atomic E-state index is 12.8. The lowest BCUT2D eigenvalue weighted by molar-refractivity contribution is -0.138. The van der Waals surface area contributed by atoms with Crippen LogP contribution in [-0.2, 0) is 14.3 Å². The fourth-order valence-electron chi connectivity index (χ4n) is 3.53. The van der Waals surface area contributed by atoms with Gasteiger partial charge < -0.3 is 15.4 Å². The Morgan fingerprint density at radius 1 is 1.18 bits per heavy atom. The molecule has 0 saturated heterocycles. The second kappa shape index (κ2) is 11.2. The van der Waals surface area contributed by atoms with Crippen LogP contribution in [0.4, 0.5) is 5.69 Å². The maximum Gasteiger partial charge on any atom is 0.337 e. The van der Waals surface area contributed by atoms with E-state index in [1.807, 2.05) is 61.5 Å². The molecule has 0 spiro atoms. The number of amides is 1. The fourth-order valence-corrected chi connectivity index (χ4v) is 4.42. The summed E-state index contributed by atoms with van der Waals surface area (Å²) in [6.45, 7) is 7.34. The molecule has 0 radical (unpaired) electrons. The monoisotopic (exact) mass is 459 g/mol. The molecular weight excluding hydrogens is 434 g/mol. The van der Waals surface area contributed by atoms with Crippen molar-refractivity contribution in [2.45, 2.75) is 19.8 Å². The number of anilines is 1. The normalized spacial score (nSPS) is 15.4. The zero-order valence-electron chi connectivity index (χ0n) is 18.6. The minimum atomic E-state index is -0.600. The zero-order valence-corrected chi connectivity index (χ0v) is 19.4. The van der Waals surface area contributed by atoms with Crippen molar-refractivity contribution in [2.24, 2.45) is 0 Å². The summed E-state index contributed by atoms with van der Waals surface area (Å²) in [6.07, 6.45) is 1.50. The van der Waals surface area contributed by atoms with Gasteiger partial charge in [-0.05, 0) is 31.0 Å². The molecule has 1 heterocycles. The second-order valence-corrected chi connectivity index (χ2v) is 8.39. The average molecular weight is 460 g/mol. The highest BCUT2D eigenvalue weighted by Crippen LogP contribution is 2.40. The molecular formula is C26H25N3O3S. The number of benzene rings is 2. The Balaban J connectivity index is 1.88. The third-order valence-electron chi connectivity index (χ3n) is 5.10. The first-order valence-electron chi connectivity index (χ1n) is 10.4. The molecule has 0 aromatic heterocycles. The molecule has 168 valence electrons. The Labute approximate surface area is 198 Å². The predicted molar refractivity (Wildman–Crippen MR) is 131 cm³/mol. The van der Waals surface area contributed by atoms with E-state index in [1.165, 1.54) is 17.8 Å². The number of rotatable bonds is 8. The van der Waals surface area contributed by atoms with E-state index in [9.17, 15) is 14.9 Å². The summed E-state index contributed by atoms with van der Waals surface area (Å²) in [6, 6.07) is 19.1. The van der Waals surface area contributed by atoms with Crippen LogP contribution >= 0.6 is 11.8 Å². The van der Waals surface area contributed by atoms with E-state index in [2.05, 4.69) is 23.3 Å². The third kappa shape index (κ3) is 5.73. The van der Waals surface area contributed by atoms with Gasteiger partial charge in [0.15, 0.2) is 0 Å². The Bertz CT molecular complexity index is 1160. The molecule has 33 heavy (non-hydrogen) atoms. The van der Waals surface area contributed by atoms with E-state index in [-0.39, 0.29) is 18.3 Å². The fraction of sp³-hybridized carbons (Fsp3) is 0.192. The van der Waals surface area contributed by atoms with Crippen LogP contribution < -0.4 is 10.6 Å². The highest BCUT2D eigenvalue weighted by molar-refractivity contribution is 8.03. The SMILES string of the molecule is C=CCOC(=O)C1=C(C)NC(SCC(=O)Nc2ccccc2C)=C(C#N)[C@H]1c1ccccc1. The molecule has 7 heteroatoms. The highest BCUT2D eigenvalue weighted by Gasteiger charge is 2.35. The summed E-state index contributed by atoms with van der Waals surface area (Å²) in [5, 5.41) is 16.6. The Kier molecular flexibility index (Phi) is 8.11. The third-order valence-corrected chi connectivity index (χ3v) is 6.12. The lowest BCUT2D eigenvalue weighted by Gasteiger charge is -2.29. The van der Waals surface area contributed by atoms with Gasteiger partial charge in [0.05, 0.1) is 33.9 Å². The van der Waals surface area contributed by atoms with Gasteiger partial charge in [-0.25, -0.2) is 4.79 Å². The molecule has 1 amide bonds. The molecule has 0 fully saturated rings. The molecule has 0 aliphatic carbocycles. The molecule has 3 rings (SSSR count). The largest absolute Gasteiger partial charge is 0.458 e. The van der Waals surface area contributed by atoms with Crippen LogP contribution in [-0.4, -0.2) is 24.2 Å². The second-order valence-electron chi connectivity index (χ2n) is 7.40. The van der Waals surface area contributed by atoms with Crippen molar-refractivity contribution in [3.8, 4) is 6.07 Å². The molecule has 0 saturated carbocycles. The quantitative estimate of drug-likeness (QED) is 0.436. The van der Waals surface area contributed by atoms with Crippen molar-refractivity contribution < 1.29 is 14.3 Å². The Morgan fingerprint density at radius 2 is 1.88 bits per heavy atom. The van der Waals surface area contributed by atoms with E-state index < -0.39 is 11.9 Å². The number of nitrogens with one attached hydrogen (secondary N) is 2. The first-order valence-corrected chi connectivity index (χ1v) is 11.4. The van der Waals surface area contributed by atoms with E-state index >= 15 is 0 Å². The van der Waals surface area contributed by atoms with Crippen molar-refractivity contribution in [1.29, 1.82) is 5.26 Å². The number of nitriles is 1. The number of para-hydroxylation sites is 1. The van der Waals surface area contributed by atoms with Gasteiger partial charge in [-0.2, -0.15) is 5.26 Å². The van der Waals surface area contributed by atoms with Gasteiger partial charge in [0.25, 0.3) is 0 Å². The number of nitrogens with zero attached hydrogens (tertiary/aromatic N) is 1. The maximum absolute atomic E-state index is 12.8. The summed E-state index contributed by atoms with van der Waals surface area (Å²) in [5.74, 6) is -1.19. The number of allylic oxidation sites excluding steroid dienone is 2. The standard InChI is InChI=1S/C26H25N3O3S/c1-4-14-32-26(31)23-18(3)28-25(20(15-27)24(23)19-11-6-5-7-12-19)33-16-22(30)29-21-13-9-8-10-17(21)2/h4-13,24,28H,1,14,16H2,2-3H3,(H,29,30)/t24-/m1/s1.